The van der Waals surface area contributed by atoms with Crippen LogP contribution in [0.3, 0.4) is 0 Å². The Balaban J connectivity index is 2.42. The Morgan fingerprint density at radius 2 is 1.90 bits per heavy atom. The molecule has 3 heteroatoms. The average molecular weight is 312 g/mol. The molecule has 21 heavy (non-hydrogen) atoms. The van der Waals surface area contributed by atoms with Crippen molar-refractivity contribution in [1.82, 2.24) is 5.32 Å². The Morgan fingerprint density at radius 1 is 1.14 bits per heavy atom. The van der Waals surface area contributed by atoms with Gasteiger partial charge < -0.3 is 10.1 Å². The summed E-state index contributed by atoms with van der Waals surface area (Å²) in [5.74, 6) is 0.851. The summed E-state index contributed by atoms with van der Waals surface area (Å²) in [7, 11) is 0. The van der Waals surface area contributed by atoms with E-state index in [1.165, 1.54) is 38.5 Å². The highest BCUT2D eigenvalue weighted by Gasteiger charge is 2.17. The number of hydrogen-bond donors (Lipinski definition) is 1. The largest absolute Gasteiger partial charge is 0.489 e. The fourth-order valence-electron chi connectivity index (χ4n) is 2.57. The molecule has 1 N–H and O–H groups in total. The van der Waals surface area contributed by atoms with Crippen molar-refractivity contribution < 1.29 is 4.74 Å². The molecule has 0 aromatic heterocycles. The molecule has 0 spiro atoms. The number of unbranched alkanes of at least 4 members (excludes halogenated alkanes) is 4. The van der Waals surface area contributed by atoms with Gasteiger partial charge in [0.25, 0.3) is 0 Å². The second-order valence-corrected chi connectivity index (χ2v) is 6.08. The Hall–Kier alpha value is -0.730. The van der Waals surface area contributed by atoms with Crippen LogP contribution in [-0.4, -0.2) is 18.7 Å². The first-order chi connectivity index (χ1) is 10.2. The van der Waals surface area contributed by atoms with Crippen molar-refractivity contribution in [2.24, 2.45) is 0 Å². The molecular weight excluding hydrogens is 282 g/mol. The van der Waals surface area contributed by atoms with Crippen LogP contribution in [0.4, 0.5) is 0 Å². The van der Waals surface area contributed by atoms with Crippen molar-refractivity contribution in [3.05, 3.63) is 29.3 Å². The number of benzene rings is 1. The zero-order valence-electron chi connectivity index (χ0n) is 13.7. The lowest BCUT2D eigenvalue weighted by atomic mass is 10.0. The van der Waals surface area contributed by atoms with Gasteiger partial charge in [-0.05, 0) is 38.1 Å². The van der Waals surface area contributed by atoms with E-state index in [0.717, 1.165) is 17.3 Å². The summed E-state index contributed by atoms with van der Waals surface area (Å²) in [5, 5.41) is 4.27. The van der Waals surface area contributed by atoms with E-state index in [0.29, 0.717) is 6.04 Å². The molecule has 2 atom stereocenters. The number of rotatable bonds is 11. The molecule has 0 heterocycles. The van der Waals surface area contributed by atoms with Crippen molar-refractivity contribution in [1.29, 1.82) is 0 Å². The molecule has 0 bridgehead atoms. The molecule has 0 saturated heterocycles. The lowest BCUT2D eigenvalue weighted by molar-refractivity contribution is 0.163. The van der Waals surface area contributed by atoms with Crippen LogP contribution in [0.15, 0.2) is 24.3 Å². The summed E-state index contributed by atoms with van der Waals surface area (Å²) < 4.78 is 6.04. The van der Waals surface area contributed by atoms with E-state index < -0.39 is 0 Å². The predicted octanol–water partition coefficient (Wildman–Crippen LogP) is 5.45. The smallest absolute Gasteiger partial charge is 0.121 e. The Kier molecular flexibility index (Phi) is 9.53. The quantitative estimate of drug-likeness (QED) is 0.549. The van der Waals surface area contributed by atoms with Gasteiger partial charge in [0.05, 0.1) is 0 Å². The lowest BCUT2D eigenvalue weighted by Gasteiger charge is -2.26. The molecule has 1 aromatic carbocycles. The minimum absolute atomic E-state index is 0.148. The van der Waals surface area contributed by atoms with Crippen molar-refractivity contribution in [3.63, 3.8) is 0 Å². The van der Waals surface area contributed by atoms with Crippen LogP contribution in [0.25, 0.3) is 0 Å². The maximum absolute atomic E-state index is 6.04. The summed E-state index contributed by atoms with van der Waals surface area (Å²) in [5.41, 5.74) is 0. The molecule has 0 aliphatic carbocycles. The van der Waals surface area contributed by atoms with Crippen LogP contribution < -0.4 is 10.1 Å². The summed E-state index contributed by atoms with van der Waals surface area (Å²) >= 11 is 6.01. The molecule has 0 aliphatic rings. The molecule has 0 fully saturated rings. The van der Waals surface area contributed by atoms with Crippen molar-refractivity contribution >= 4 is 11.6 Å². The third-order valence-electron chi connectivity index (χ3n) is 3.77. The third-order valence-corrected chi connectivity index (χ3v) is 4.00. The maximum atomic E-state index is 6.04. The first-order valence-electron chi connectivity index (χ1n) is 8.33. The summed E-state index contributed by atoms with van der Waals surface area (Å²) in [6.07, 6.45) is 7.89. The second kappa shape index (κ2) is 10.9. The first kappa shape index (κ1) is 18.3. The van der Waals surface area contributed by atoms with Crippen molar-refractivity contribution in [2.75, 3.05) is 6.54 Å². The number of likely N-dealkylation sites (N-methyl/N-ethyl adjacent to an activating group) is 1. The lowest BCUT2D eigenvalue weighted by Crippen LogP contribution is -2.41. The van der Waals surface area contributed by atoms with Gasteiger partial charge in [-0.3, -0.25) is 0 Å². The molecule has 1 aromatic rings. The Bertz CT molecular complexity index is 383. The number of hydrogen-bond acceptors (Lipinski definition) is 2. The standard InChI is InChI=1S/C18H30ClNO/c1-4-6-7-8-9-13-18(20-5-2)15(3)21-17-12-10-11-16(19)14-17/h10-12,14-15,18,20H,4-9,13H2,1-3H3. The normalized spacial score (nSPS) is 13.9. The van der Waals surface area contributed by atoms with Crippen LogP contribution in [0.2, 0.25) is 5.02 Å². The Labute approximate surface area is 135 Å². The molecular formula is C18H30ClNO. The first-order valence-corrected chi connectivity index (χ1v) is 8.70. The molecule has 2 nitrogen and oxygen atoms in total. The van der Waals surface area contributed by atoms with Crippen LogP contribution in [-0.2, 0) is 0 Å². The van der Waals surface area contributed by atoms with Crippen LogP contribution >= 0.6 is 11.6 Å². The molecule has 1 rings (SSSR count). The molecule has 0 radical (unpaired) electrons. The van der Waals surface area contributed by atoms with Gasteiger partial charge >= 0.3 is 0 Å². The Morgan fingerprint density at radius 3 is 2.57 bits per heavy atom. The van der Waals surface area contributed by atoms with Gasteiger partial charge in [0.2, 0.25) is 0 Å². The van der Waals surface area contributed by atoms with Crippen LogP contribution in [0.1, 0.15) is 59.3 Å². The zero-order valence-corrected chi connectivity index (χ0v) is 14.5. The van der Waals surface area contributed by atoms with Gasteiger partial charge in [0, 0.05) is 11.1 Å². The highest BCUT2D eigenvalue weighted by molar-refractivity contribution is 6.30. The van der Waals surface area contributed by atoms with Gasteiger partial charge in [-0.25, -0.2) is 0 Å². The number of ether oxygens (including phenoxy) is 1. The fraction of sp³-hybridized carbons (Fsp3) is 0.667. The maximum Gasteiger partial charge on any atom is 0.121 e. The molecule has 0 aliphatic heterocycles. The molecule has 0 saturated carbocycles. The van der Waals surface area contributed by atoms with E-state index >= 15 is 0 Å². The molecule has 120 valence electrons. The van der Waals surface area contributed by atoms with E-state index in [4.69, 9.17) is 16.3 Å². The highest BCUT2D eigenvalue weighted by atomic mass is 35.5. The van der Waals surface area contributed by atoms with Gasteiger partial charge in [0.1, 0.15) is 11.9 Å². The number of nitrogens with one attached hydrogen (secondary N) is 1. The van der Waals surface area contributed by atoms with Crippen molar-refractivity contribution in [2.45, 2.75) is 71.4 Å². The van der Waals surface area contributed by atoms with E-state index in [2.05, 4.69) is 26.1 Å². The minimum atomic E-state index is 0.148. The van der Waals surface area contributed by atoms with E-state index in [9.17, 15) is 0 Å². The molecule has 2 unspecified atom stereocenters. The second-order valence-electron chi connectivity index (χ2n) is 5.65. The van der Waals surface area contributed by atoms with E-state index in [1.807, 2.05) is 24.3 Å². The monoisotopic (exact) mass is 311 g/mol. The topological polar surface area (TPSA) is 21.3 Å². The zero-order chi connectivity index (χ0) is 15.5. The van der Waals surface area contributed by atoms with E-state index in [1.54, 1.807) is 0 Å². The third kappa shape index (κ3) is 7.73. The van der Waals surface area contributed by atoms with E-state index in [-0.39, 0.29) is 6.10 Å². The SMILES string of the molecule is CCCCCCCC(NCC)C(C)Oc1cccc(Cl)c1. The number of halogens is 1. The summed E-state index contributed by atoms with van der Waals surface area (Å²) in [4.78, 5) is 0. The summed E-state index contributed by atoms with van der Waals surface area (Å²) in [6, 6.07) is 8.04. The highest BCUT2D eigenvalue weighted by Crippen LogP contribution is 2.20. The summed E-state index contributed by atoms with van der Waals surface area (Å²) in [6.45, 7) is 7.52. The average Bonchev–Trinajstić information content (AvgIpc) is 2.46. The van der Waals surface area contributed by atoms with Crippen LogP contribution in [0.5, 0.6) is 5.75 Å². The predicted molar refractivity (Wildman–Crippen MR) is 92.4 cm³/mol. The van der Waals surface area contributed by atoms with Gasteiger partial charge in [-0.15, -0.1) is 0 Å². The fourth-order valence-corrected chi connectivity index (χ4v) is 2.75. The minimum Gasteiger partial charge on any atom is -0.489 e. The van der Waals surface area contributed by atoms with Crippen molar-refractivity contribution in [3.8, 4) is 5.75 Å². The van der Waals surface area contributed by atoms with Gasteiger partial charge in [0.15, 0.2) is 0 Å². The van der Waals surface area contributed by atoms with Gasteiger partial charge in [-0.1, -0.05) is 63.6 Å². The van der Waals surface area contributed by atoms with Gasteiger partial charge in [-0.2, -0.15) is 0 Å². The molecule has 0 amide bonds. The van der Waals surface area contributed by atoms with Crippen LogP contribution in [0, 0.1) is 0 Å².